The van der Waals surface area contributed by atoms with Crippen LogP contribution in [0.25, 0.3) is 0 Å². The van der Waals surface area contributed by atoms with Gasteiger partial charge in [-0.15, -0.1) is 12.6 Å². The minimum atomic E-state index is -0.717. The molecule has 110 valence electrons. The first-order valence-corrected chi connectivity index (χ1v) is 7.82. The smallest absolute Gasteiger partial charge is 0.204 e. The molecule has 0 bridgehead atoms. The van der Waals surface area contributed by atoms with Crippen molar-refractivity contribution in [2.24, 2.45) is 4.99 Å². The van der Waals surface area contributed by atoms with E-state index >= 15 is 0 Å². The van der Waals surface area contributed by atoms with Gasteiger partial charge in [0.15, 0.2) is 11.3 Å². The predicted octanol–water partition coefficient (Wildman–Crippen LogP) is 2.87. The Balaban J connectivity index is 1.73. The van der Waals surface area contributed by atoms with Gasteiger partial charge in [0.25, 0.3) is 0 Å². The van der Waals surface area contributed by atoms with Gasteiger partial charge in [0, 0.05) is 5.56 Å². The third-order valence-electron chi connectivity index (χ3n) is 3.88. The second kappa shape index (κ2) is 5.00. The summed E-state index contributed by atoms with van der Waals surface area (Å²) in [6, 6.07) is 20.1. The highest BCUT2D eigenvalue weighted by atomic mass is 32.1. The fourth-order valence-corrected chi connectivity index (χ4v) is 3.62. The molecule has 2 atom stereocenters. The molecule has 22 heavy (non-hydrogen) atoms. The number of nitrogens with zero attached hydrogens (tertiary/aromatic N) is 3. The van der Waals surface area contributed by atoms with Gasteiger partial charge < -0.3 is 5.32 Å². The highest BCUT2D eigenvalue weighted by Crippen LogP contribution is 2.42. The van der Waals surface area contributed by atoms with Gasteiger partial charge in [-0.25, -0.2) is 15.0 Å². The molecule has 2 aliphatic rings. The fourth-order valence-electron chi connectivity index (χ4n) is 2.80. The van der Waals surface area contributed by atoms with Crippen molar-refractivity contribution in [2.45, 2.75) is 11.2 Å². The van der Waals surface area contributed by atoms with E-state index in [1.807, 2.05) is 58.5 Å². The van der Waals surface area contributed by atoms with Crippen LogP contribution in [-0.2, 0) is 4.99 Å². The van der Waals surface area contributed by atoms with E-state index in [9.17, 15) is 0 Å². The topological polar surface area (TPSA) is 30.9 Å². The quantitative estimate of drug-likeness (QED) is 0.656. The summed E-state index contributed by atoms with van der Waals surface area (Å²) >= 11 is 10.4. The minimum absolute atomic E-state index is 0.154. The average molecular weight is 326 g/mol. The summed E-state index contributed by atoms with van der Waals surface area (Å²) in [6.07, 6.45) is 1.64. The zero-order valence-corrected chi connectivity index (χ0v) is 13.3. The molecule has 0 saturated carbocycles. The van der Waals surface area contributed by atoms with Crippen LogP contribution in [0.5, 0.6) is 0 Å². The van der Waals surface area contributed by atoms with E-state index < -0.39 is 4.99 Å². The van der Waals surface area contributed by atoms with Crippen molar-refractivity contribution in [2.75, 3.05) is 0 Å². The summed E-state index contributed by atoms with van der Waals surface area (Å²) < 4.78 is 0. The number of aliphatic imine (C=N–C) groups is 1. The Morgan fingerprint density at radius 2 is 1.68 bits per heavy atom. The van der Waals surface area contributed by atoms with Crippen LogP contribution < -0.4 is 5.32 Å². The van der Waals surface area contributed by atoms with Gasteiger partial charge >= 0.3 is 0 Å². The Bertz CT molecular complexity index is 734. The van der Waals surface area contributed by atoms with Gasteiger partial charge in [-0.3, -0.25) is 0 Å². The number of thiocarbonyl (C=S) groups is 1. The molecule has 0 aliphatic carbocycles. The molecule has 6 heteroatoms. The Hall–Kier alpha value is -2.05. The summed E-state index contributed by atoms with van der Waals surface area (Å²) in [5, 5.41) is 7.83. The molecule has 2 unspecified atom stereocenters. The summed E-state index contributed by atoms with van der Waals surface area (Å²) in [5.41, 5.74) is 2.11. The third kappa shape index (κ3) is 1.91. The van der Waals surface area contributed by atoms with Gasteiger partial charge in [-0.05, 0) is 17.8 Å². The van der Waals surface area contributed by atoms with Gasteiger partial charge in [0.05, 0.1) is 0 Å². The molecule has 0 radical (unpaired) electrons. The van der Waals surface area contributed by atoms with Gasteiger partial charge in [0.1, 0.15) is 6.34 Å². The van der Waals surface area contributed by atoms with E-state index in [0.29, 0.717) is 5.11 Å². The molecule has 2 aromatic carbocycles. The van der Waals surface area contributed by atoms with Crippen LogP contribution in [0.1, 0.15) is 17.3 Å². The van der Waals surface area contributed by atoms with Crippen molar-refractivity contribution in [1.82, 2.24) is 15.3 Å². The fraction of sp³-hybridized carbons (Fsp3) is 0.125. The number of hydrogen-bond donors (Lipinski definition) is 2. The number of fused-ring (bicyclic) bond motifs is 1. The number of hydrazine groups is 1. The largest absolute Gasteiger partial charge is 0.325 e. The van der Waals surface area contributed by atoms with Gasteiger partial charge in [0.2, 0.25) is 4.99 Å². The standard InChI is InChI=1S/C16H14N4S2/c21-15-18-16(22,13-9-5-2-6-10-13)19-11-17-14(20(15)19)12-7-3-1-4-8-12/h1-11,14,22H,(H,18,21). The lowest BCUT2D eigenvalue weighted by atomic mass is 10.1. The zero-order valence-electron chi connectivity index (χ0n) is 11.6. The number of nitrogens with one attached hydrogen (secondary N) is 1. The van der Waals surface area contributed by atoms with Crippen LogP contribution >= 0.6 is 24.8 Å². The lowest BCUT2D eigenvalue weighted by Gasteiger charge is -2.33. The summed E-state index contributed by atoms with van der Waals surface area (Å²) in [6.45, 7) is 0. The van der Waals surface area contributed by atoms with Crippen molar-refractivity contribution in [3.63, 3.8) is 0 Å². The van der Waals surface area contributed by atoms with Gasteiger partial charge in [-0.1, -0.05) is 60.7 Å². The number of thiol groups is 1. The monoisotopic (exact) mass is 326 g/mol. The second-order valence-corrected chi connectivity index (χ2v) is 6.24. The lowest BCUT2D eigenvalue weighted by molar-refractivity contribution is 0.0942. The summed E-state index contributed by atoms with van der Waals surface area (Å²) in [5.74, 6) is 0. The molecule has 4 nitrogen and oxygen atoms in total. The molecule has 2 heterocycles. The maximum atomic E-state index is 5.53. The molecule has 0 aromatic heterocycles. The van der Waals surface area contributed by atoms with E-state index in [1.54, 1.807) is 6.34 Å². The van der Waals surface area contributed by atoms with Crippen molar-refractivity contribution < 1.29 is 0 Å². The van der Waals surface area contributed by atoms with Crippen LogP contribution in [0.3, 0.4) is 0 Å². The van der Waals surface area contributed by atoms with Crippen LogP contribution in [0.2, 0.25) is 0 Å². The molecule has 1 fully saturated rings. The molecular weight excluding hydrogens is 312 g/mol. The Labute approximate surface area is 139 Å². The SMILES string of the molecule is S=C1NC(S)(c2ccccc2)N2C=NC(c3ccccc3)N12. The van der Waals surface area contributed by atoms with Crippen molar-refractivity contribution in [3.05, 3.63) is 71.8 Å². The maximum absolute atomic E-state index is 5.53. The first-order valence-electron chi connectivity index (χ1n) is 6.97. The van der Waals surface area contributed by atoms with E-state index in [-0.39, 0.29) is 6.17 Å². The lowest BCUT2D eigenvalue weighted by Crippen LogP contribution is -2.44. The van der Waals surface area contributed by atoms with Crippen LogP contribution in [0.15, 0.2) is 65.7 Å². The van der Waals surface area contributed by atoms with E-state index in [4.69, 9.17) is 24.8 Å². The normalized spacial score (nSPS) is 26.2. The molecule has 1 saturated heterocycles. The van der Waals surface area contributed by atoms with Crippen LogP contribution in [0.4, 0.5) is 0 Å². The maximum Gasteiger partial charge on any atom is 0.204 e. The second-order valence-electron chi connectivity index (χ2n) is 5.21. The predicted molar refractivity (Wildman–Crippen MR) is 94.2 cm³/mol. The minimum Gasteiger partial charge on any atom is -0.325 e. The van der Waals surface area contributed by atoms with Crippen molar-refractivity contribution >= 4 is 36.3 Å². The Morgan fingerprint density at radius 3 is 2.36 bits per heavy atom. The number of hydrogen-bond acceptors (Lipinski definition) is 4. The molecule has 4 rings (SSSR count). The highest BCUT2D eigenvalue weighted by Gasteiger charge is 2.50. The Morgan fingerprint density at radius 1 is 1.05 bits per heavy atom. The van der Waals surface area contributed by atoms with Crippen molar-refractivity contribution in [1.29, 1.82) is 0 Å². The number of rotatable bonds is 2. The van der Waals surface area contributed by atoms with E-state index in [0.717, 1.165) is 11.1 Å². The molecule has 1 N–H and O–H groups in total. The number of benzene rings is 2. The van der Waals surface area contributed by atoms with Crippen molar-refractivity contribution in [3.8, 4) is 0 Å². The van der Waals surface area contributed by atoms with E-state index in [1.165, 1.54) is 0 Å². The molecular formula is C16H14N4S2. The first-order chi connectivity index (χ1) is 10.7. The third-order valence-corrected chi connectivity index (χ3v) is 4.74. The summed E-state index contributed by atoms with van der Waals surface area (Å²) in [7, 11) is 0. The van der Waals surface area contributed by atoms with Crippen LogP contribution in [0, 0.1) is 0 Å². The van der Waals surface area contributed by atoms with Gasteiger partial charge in [-0.2, -0.15) is 0 Å². The Kier molecular flexibility index (Phi) is 3.09. The van der Waals surface area contributed by atoms with E-state index in [2.05, 4.69) is 22.4 Å². The van der Waals surface area contributed by atoms with Crippen LogP contribution in [-0.4, -0.2) is 21.5 Å². The summed E-state index contributed by atoms with van der Waals surface area (Å²) in [4.78, 5) is 3.90. The highest BCUT2D eigenvalue weighted by molar-refractivity contribution is 7.82. The molecule has 0 spiro atoms. The first kappa shape index (κ1) is 13.6. The zero-order chi connectivity index (χ0) is 15.2. The molecule has 2 aliphatic heterocycles. The molecule has 2 aromatic rings. The molecule has 0 amide bonds. The average Bonchev–Trinajstić information content (AvgIpc) is 3.11.